The summed E-state index contributed by atoms with van der Waals surface area (Å²) in [6.07, 6.45) is 0. The van der Waals surface area contributed by atoms with Crippen molar-refractivity contribution in [2.24, 2.45) is 0 Å². The Kier molecular flexibility index (Phi) is 2.74. The summed E-state index contributed by atoms with van der Waals surface area (Å²) >= 11 is 0. The maximum absolute atomic E-state index is 10.1. The van der Waals surface area contributed by atoms with E-state index in [4.69, 9.17) is 0 Å². The zero-order valence-corrected chi connectivity index (χ0v) is 11.8. The van der Waals surface area contributed by atoms with Crippen LogP contribution in [-0.2, 0) is 5.41 Å². The quantitative estimate of drug-likeness (QED) is 0.735. The van der Waals surface area contributed by atoms with Gasteiger partial charge in [-0.15, -0.1) is 15.0 Å². The molecule has 0 fully saturated rings. The third-order valence-electron chi connectivity index (χ3n) is 3.34. The predicted molar refractivity (Wildman–Crippen MR) is 79.2 cm³/mol. The van der Waals surface area contributed by atoms with Crippen LogP contribution in [0, 0.1) is 0 Å². The highest BCUT2D eigenvalue weighted by Crippen LogP contribution is 2.29. The average Bonchev–Trinajstić information content (AvgIpc) is 2.81. The number of aromatic nitrogens is 3. The van der Waals surface area contributed by atoms with E-state index in [-0.39, 0.29) is 11.2 Å². The van der Waals surface area contributed by atoms with Crippen LogP contribution < -0.4 is 0 Å². The molecule has 0 saturated heterocycles. The molecule has 1 heterocycles. The Morgan fingerprint density at radius 3 is 2.10 bits per heavy atom. The molecule has 102 valence electrons. The van der Waals surface area contributed by atoms with Gasteiger partial charge in [0.1, 0.15) is 22.5 Å². The highest BCUT2D eigenvalue weighted by molar-refractivity contribution is 5.73. The third-order valence-corrected chi connectivity index (χ3v) is 3.34. The normalized spacial score (nSPS) is 11.9. The monoisotopic (exact) mass is 267 g/mol. The van der Waals surface area contributed by atoms with Crippen LogP contribution in [0.1, 0.15) is 26.3 Å². The molecule has 4 nitrogen and oxygen atoms in total. The van der Waals surface area contributed by atoms with Crippen LogP contribution in [0.5, 0.6) is 5.75 Å². The van der Waals surface area contributed by atoms with Gasteiger partial charge in [0.2, 0.25) is 0 Å². The van der Waals surface area contributed by atoms with Crippen molar-refractivity contribution in [2.45, 2.75) is 26.2 Å². The number of phenolic OH excluding ortho intramolecular Hbond substituents is 1. The van der Waals surface area contributed by atoms with E-state index in [0.717, 1.165) is 16.6 Å². The summed E-state index contributed by atoms with van der Waals surface area (Å²) in [5, 5.41) is 18.9. The Morgan fingerprint density at radius 1 is 0.950 bits per heavy atom. The fourth-order valence-corrected chi connectivity index (χ4v) is 2.12. The largest absolute Gasteiger partial charge is 0.506 e. The van der Waals surface area contributed by atoms with Gasteiger partial charge in [0.25, 0.3) is 0 Å². The second-order valence-electron chi connectivity index (χ2n) is 5.93. The summed E-state index contributed by atoms with van der Waals surface area (Å²) in [4.78, 5) is 1.50. The second-order valence-corrected chi connectivity index (χ2v) is 5.93. The fourth-order valence-electron chi connectivity index (χ4n) is 2.12. The summed E-state index contributed by atoms with van der Waals surface area (Å²) in [5.74, 6) is 0.179. The van der Waals surface area contributed by atoms with E-state index in [0.29, 0.717) is 5.69 Å². The molecule has 0 aliphatic carbocycles. The van der Waals surface area contributed by atoms with Crippen molar-refractivity contribution < 1.29 is 5.11 Å². The SMILES string of the molecule is CC(C)(C)c1ccc(O)c(-n2nc3ccccc3n2)c1. The van der Waals surface area contributed by atoms with E-state index in [1.54, 1.807) is 6.07 Å². The van der Waals surface area contributed by atoms with Crippen molar-refractivity contribution in [3.63, 3.8) is 0 Å². The first-order valence-electron chi connectivity index (χ1n) is 6.61. The van der Waals surface area contributed by atoms with Crippen molar-refractivity contribution in [1.82, 2.24) is 15.0 Å². The van der Waals surface area contributed by atoms with Crippen LogP contribution in [0.25, 0.3) is 16.7 Å². The highest BCUT2D eigenvalue weighted by Gasteiger charge is 2.17. The van der Waals surface area contributed by atoms with Crippen LogP contribution >= 0.6 is 0 Å². The van der Waals surface area contributed by atoms with Crippen molar-refractivity contribution in [3.05, 3.63) is 48.0 Å². The number of fused-ring (bicyclic) bond motifs is 1. The first-order chi connectivity index (χ1) is 9.45. The molecule has 4 heteroatoms. The zero-order valence-electron chi connectivity index (χ0n) is 11.8. The van der Waals surface area contributed by atoms with E-state index in [1.807, 2.05) is 36.4 Å². The zero-order chi connectivity index (χ0) is 14.3. The van der Waals surface area contributed by atoms with Gasteiger partial charge >= 0.3 is 0 Å². The maximum atomic E-state index is 10.1. The molecule has 0 amide bonds. The maximum Gasteiger partial charge on any atom is 0.143 e. The van der Waals surface area contributed by atoms with E-state index < -0.39 is 0 Å². The van der Waals surface area contributed by atoms with Gasteiger partial charge in [-0.25, -0.2) is 0 Å². The molecule has 0 aliphatic heterocycles. The van der Waals surface area contributed by atoms with Gasteiger partial charge < -0.3 is 5.11 Å². The number of rotatable bonds is 1. The lowest BCUT2D eigenvalue weighted by Gasteiger charge is -2.19. The van der Waals surface area contributed by atoms with Crippen LogP contribution in [-0.4, -0.2) is 20.1 Å². The lowest BCUT2D eigenvalue weighted by atomic mass is 9.87. The fraction of sp³-hybridized carbons (Fsp3) is 0.250. The first kappa shape index (κ1) is 12.7. The lowest BCUT2D eigenvalue weighted by molar-refractivity contribution is 0.466. The Labute approximate surface area is 117 Å². The number of hydrogen-bond acceptors (Lipinski definition) is 3. The molecule has 0 spiro atoms. The molecule has 20 heavy (non-hydrogen) atoms. The molecular weight excluding hydrogens is 250 g/mol. The van der Waals surface area contributed by atoms with Crippen molar-refractivity contribution in [2.75, 3.05) is 0 Å². The molecule has 0 unspecified atom stereocenters. The standard InChI is InChI=1S/C16H17N3O/c1-16(2,3)11-8-9-15(20)14(10-11)19-17-12-6-4-5-7-13(12)18-19/h4-10,20H,1-3H3. The van der Waals surface area contributed by atoms with Crippen molar-refractivity contribution in [3.8, 4) is 11.4 Å². The van der Waals surface area contributed by atoms with Gasteiger partial charge in [0.05, 0.1) is 0 Å². The Bertz CT molecular complexity index is 736. The first-order valence-corrected chi connectivity index (χ1v) is 6.61. The average molecular weight is 267 g/mol. The minimum absolute atomic E-state index is 0.00895. The van der Waals surface area contributed by atoms with Crippen LogP contribution in [0.15, 0.2) is 42.5 Å². The van der Waals surface area contributed by atoms with Gasteiger partial charge in [-0.1, -0.05) is 39.0 Å². The minimum atomic E-state index is 0.00895. The molecule has 0 bridgehead atoms. The van der Waals surface area contributed by atoms with Gasteiger partial charge in [0, 0.05) is 0 Å². The molecule has 0 aliphatic rings. The number of hydrogen-bond donors (Lipinski definition) is 1. The summed E-state index contributed by atoms with van der Waals surface area (Å²) < 4.78 is 0. The number of aromatic hydroxyl groups is 1. The van der Waals surface area contributed by atoms with Gasteiger partial charge in [-0.05, 0) is 35.2 Å². The smallest absolute Gasteiger partial charge is 0.143 e. The summed E-state index contributed by atoms with van der Waals surface area (Å²) in [7, 11) is 0. The van der Waals surface area contributed by atoms with E-state index in [9.17, 15) is 5.11 Å². The number of phenols is 1. The summed E-state index contributed by atoms with van der Waals surface area (Å²) in [5.41, 5.74) is 3.37. The van der Waals surface area contributed by atoms with Crippen LogP contribution in [0.3, 0.4) is 0 Å². The molecule has 3 rings (SSSR count). The second kappa shape index (κ2) is 4.34. The van der Waals surface area contributed by atoms with Crippen molar-refractivity contribution >= 4 is 11.0 Å². The number of nitrogens with zero attached hydrogens (tertiary/aromatic N) is 3. The summed E-state index contributed by atoms with van der Waals surface area (Å²) in [6, 6.07) is 13.2. The minimum Gasteiger partial charge on any atom is -0.506 e. The topological polar surface area (TPSA) is 50.9 Å². The predicted octanol–water partition coefficient (Wildman–Crippen LogP) is 3.42. The number of benzene rings is 2. The van der Waals surface area contributed by atoms with Crippen molar-refractivity contribution in [1.29, 1.82) is 0 Å². The Hall–Kier alpha value is -2.36. The van der Waals surface area contributed by atoms with Gasteiger partial charge in [0.15, 0.2) is 0 Å². The third kappa shape index (κ3) is 2.13. The molecule has 1 aromatic heterocycles. The van der Waals surface area contributed by atoms with Gasteiger partial charge in [-0.3, -0.25) is 0 Å². The van der Waals surface area contributed by atoms with Crippen LogP contribution in [0.4, 0.5) is 0 Å². The highest BCUT2D eigenvalue weighted by atomic mass is 16.3. The molecule has 0 radical (unpaired) electrons. The lowest BCUT2D eigenvalue weighted by Crippen LogP contribution is -2.12. The Morgan fingerprint density at radius 2 is 1.55 bits per heavy atom. The van der Waals surface area contributed by atoms with E-state index in [2.05, 4.69) is 31.0 Å². The molecule has 3 aromatic rings. The van der Waals surface area contributed by atoms with Crippen LogP contribution in [0.2, 0.25) is 0 Å². The van der Waals surface area contributed by atoms with Gasteiger partial charge in [-0.2, -0.15) is 0 Å². The molecule has 2 aromatic carbocycles. The molecule has 0 atom stereocenters. The Balaban J connectivity index is 2.17. The molecule has 1 N–H and O–H groups in total. The van der Waals surface area contributed by atoms with E-state index >= 15 is 0 Å². The summed E-state index contributed by atoms with van der Waals surface area (Å²) in [6.45, 7) is 6.41. The molecule has 0 saturated carbocycles. The molecular formula is C16H17N3O. The van der Waals surface area contributed by atoms with E-state index in [1.165, 1.54) is 4.80 Å².